The number of aryl methyl sites for hydroxylation is 1. The van der Waals surface area contributed by atoms with Gasteiger partial charge in [-0.1, -0.05) is 24.3 Å². The highest BCUT2D eigenvalue weighted by atomic mass is 19.1. The van der Waals surface area contributed by atoms with Crippen LogP contribution in [0.15, 0.2) is 54.7 Å². The van der Waals surface area contributed by atoms with Gasteiger partial charge in [0.05, 0.1) is 24.6 Å². The van der Waals surface area contributed by atoms with E-state index in [0.717, 1.165) is 49.8 Å². The largest absolute Gasteiger partial charge is 0.379 e. The van der Waals surface area contributed by atoms with Gasteiger partial charge in [0.15, 0.2) is 0 Å². The lowest BCUT2D eigenvalue weighted by molar-refractivity contribution is 0.0342. The van der Waals surface area contributed by atoms with Crippen LogP contribution in [0.25, 0.3) is 16.9 Å². The van der Waals surface area contributed by atoms with Gasteiger partial charge >= 0.3 is 0 Å². The van der Waals surface area contributed by atoms with Crippen LogP contribution < -0.4 is 0 Å². The summed E-state index contributed by atoms with van der Waals surface area (Å²) in [6.07, 6.45) is 2.06. The Morgan fingerprint density at radius 2 is 1.77 bits per heavy atom. The van der Waals surface area contributed by atoms with Gasteiger partial charge in [-0.3, -0.25) is 4.90 Å². The molecule has 1 aliphatic rings. The number of hydrogen-bond donors (Lipinski definition) is 0. The minimum atomic E-state index is -0.242. The Kier molecular flexibility index (Phi) is 4.82. The molecule has 2 heterocycles. The predicted molar refractivity (Wildman–Crippen MR) is 99.8 cm³/mol. The standard InChI is InChI=1S/C21H22FN3O/c1-16-4-2-3-5-20(16)21-17(14-24-10-12-26-13-11-24)15-25(23-21)19-8-6-18(22)7-9-19/h2-9,15H,10-14H2,1H3. The summed E-state index contributed by atoms with van der Waals surface area (Å²) in [5.74, 6) is -0.242. The van der Waals surface area contributed by atoms with E-state index in [1.54, 1.807) is 12.1 Å². The van der Waals surface area contributed by atoms with Gasteiger partial charge in [0.1, 0.15) is 5.82 Å². The van der Waals surface area contributed by atoms with Crippen molar-refractivity contribution in [3.05, 3.63) is 71.7 Å². The maximum Gasteiger partial charge on any atom is 0.123 e. The molecule has 1 saturated heterocycles. The molecular weight excluding hydrogens is 329 g/mol. The fraction of sp³-hybridized carbons (Fsp3) is 0.286. The van der Waals surface area contributed by atoms with Crippen LogP contribution in [-0.4, -0.2) is 41.0 Å². The van der Waals surface area contributed by atoms with E-state index in [9.17, 15) is 4.39 Å². The molecule has 0 spiro atoms. The summed E-state index contributed by atoms with van der Waals surface area (Å²) in [6.45, 7) is 6.32. The van der Waals surface area contributed by atoms with Crippen molar-refractivity contribution in [1.82, 2.24) is 14.7 Å². The van der Waals surface area contributed by atoms with Gasteiger partial charge in [0.25, 0.3) is 0 Å². The molecule has 0 atom stereocenters. The first kappa shape index (κ1) is 16.9. The van der Waals surface area contributed by atoms with Crippen molar-refractivity contribution in [1.29, 1.82) is 0 Å². The third kappa shape index (κ3) is 3.54. The van der Waals surface area contributed by atoms with Gasteiger partial charge in [-0.15, -0.1) is 0 Å². The zero-order chi connectivity index (χ0) is 17.9. The van der Waals surface area contributed by atoms with E-state index >= 15 is 0 Å². The van der Waals surface area contributed by atoms with Gasteiger partial charge in [0, 0.05) is 37.0 Å². The number of nitrogens with zero attached hydrogens (tertiary/aromatic N) is 3. The maximum absolute atomic E-state index is 13.3. The lowest BCUT2D eigenvalue weighted by atomic mass is 10.0. The third-order valence-electron chi connectivity index (χ3n) is 4.78. The molecule has 2 aromatic carbocycles. The number of morpholine rings is 1. The van der Waals surface area contributed by atoms with Crippen LogP contribution in [0.5, 0.6) is 0 Å². The Bertz CT molecular complexity index is 883. The van der Waals surface area contributed by atoms with E-state index in [1.165, 1.54) is 23.3 Å². The van der Waals surface area contributed by atoms with Gasteiger partial charge in [-0.25, -0.2) is 9.07 Å². The highest BCUT2D eigenvalue weighted by Gasteiger charge is 2.18. The topological polar surface area (TPSA) is 30.3 Å². The SMILES string of the molecule is Cc1ccccc1-c1nn(-c2ccc(F)cc2)cc1CN1CCOCC1. The van der Waals surface area contributed by atoms with E-state index in [0.29, 0.717) is 0 Å². The molecule has 4 nitrogen and oxygen atoms in total. The molecule has 0 N–H and O–H groups in total. The zero-order valence-corrected chi connectivity index (χ0v) is 14.9. The van der Waals surface area contributed by atoms with Crippen molar-refractivity contribution < 1.29 is 9.13 Å². The van der Waals surface area contributed by atoms with Crippen LogP contribution in [0.3, 0.4) is 0 Å². The second-order valence-electron chi connectivity index (χ2n) is 6.63. The molecular formula is C21H22FN3O. The number of aromatic nitrogens is 2. The average molecular weight is 351 g/mol. The fourth-order valence-corrected chi connectivity index (χ4v) is 3.32. The lowest BCUT2D eigenvalue weighted by Gasteiger charge is -2.26. The summed E-state index contributed by atoms with van der Waals surface area (Å²) >= 11 is 0. The minimum Gasteiger partial charge on any atom is -0.379 e. The monoisotopic (exact) mass is 351 g/mol. The zero-order valence-electron chi connectivity index (χ0n) is 14.9. The van der Waals surface area contributed by atoms with Crippen LogP contribution in [0.2, 0.25) is 0 Å². The van der Waals surface area contributed by atoms with Crippen molar-refractivity contribution in [2.24, 2.45) is 0 Å². The Morgan fingerprint density at radius 3 is 2.50 bits per heavy atom. The molecule has 0 radical (unpaired) electrons. The molecule has 4 rings (SSSR count). The number of halogens is 1. The Morgan fingerprint density at radius 1 is 1.04 bits per heavy atom. The smallest absolute Gasteiger partial charge is 0.123 e. The molecule has 1 fully saturated rings. The van der Waals surface area contributed by atoms with Gasteiger partial charge in [-0.2, -0.15) is 5.10 Å². The Labute approximate surface area is 152 Å². The van der Waals surface area contributed by atoms with E-state index in [-0.39, 0.29) is 5.82 Å². The maximum atomic E-state index is 13.3. The first-order chi connectivity index (χ1) is 12.7. The lowest BCUT2D eigenvalue weighted by Crippen LogP contribution is -2.35. The number of hydrogen-bond acceptors (Lipinski definition) is 3. The minimum absolute atomic E-state index is 0.242. The van der Waals surface area contributed by atoms with Gasteiger partial charge in [0.2, 0.25) is 0 Å². The molecule has 0 amide bonds. The third-order valence-corrected chi connectivity index (χ3v) is 4.78. The van der Waals surface area contributed by atoms with Crippen LogP contribution in [-0.2, 0) is 11.3 Å². The first-order valence-electron chi connectivity index (χ1n) is 8.91. The number of ether oxygens (including phenoxy) is 1. The summed E-state index contributed by atoms with van der Waals surface area (Å²) in [5.41, 5.74) is 5.34. The Hall–Kier alpha value is -2.50. The molecule has 0 unspecified atom stereocenters. The van der Waals surface area contributed by atoms with Crippen LogP contribution in [0, 0.1) is 12.7 Å². The second-order valence-corrected chi connectivity index (χ2v) is 6.63. The fourth-order valence-electron chi connectivity index (χ4n) is 3.32. The Balaban J connectivity index is 1.74. The molecule has 0 saturated carbocycles. The van der Waals surface area contributed by atoms with Crippen LogP contribution in [0.4, 0.5) is 4.39 Å². The summed E-state index contributed by atoms with van der Waals surface area (Å²) in [6, 6.07) is 14.7. The molecule has 1 aliphatic heterocycles. The van der Waals surface area contributed by atoms with Crippen LogP contribution in [0.1, 0.15) is 11.1 Å². The average Bonchev–Trinajstić information content (AvgIpc) is 3.07. The van der Waals surface area contributed by atoms with E-state index < -0.39 is 0 Å². The molecule has 5 heteroatoms. The predicted octanol–water partition coefficient (Wildman–Crippen LogP) is 3.82. The number of rotatable bonds is 4. The van der Waals surface area contributed by atoms with E-state index in [4.69, 9.17) is 9.84 Å². The molecule has 0 bridgehead atoms. The molecule has 1 aromatic heterocycles. The molecule has 134 valence electrons. The highest BCUT2D eigenvalue weighted by Crippen LogP contribution is 2.27. The summed E-state index contributed by atoms with van der Waals surface area (Å²) in [5, 5.41) is 4.84. The van der Waals surface area contributed by atoms with E-state index in [1.807, 2.05) is 16.8 Å². The van der Waals surface area contributed by atoms with E-state index in [2.05, 4.69) is 30.2 Å². The molecule has 26 heavy (non-hydrogen) atoms. The van der Waals surface area contributed by atoms with Gasteiger partial charge in [-0.05, 0) is 36.8 Å². The highest BCUT2D eigenvalue weighted by molar-refractivity contribution is 5.66. The van der Waals surface area contributed by atoms with Crippen molar-refractivity contribution in [2.45, 2.75) is 13.5 Å². The summed E-state index contributed by atoms with van der Waals surface area (Å²) in [4.78, 5) is 2.39. The summed E-state index contributed by atoms with van der Waals surface area (Å²) < 4.78 is 20.6. The van der Waals surface area contributed by atoms with Crippen molar-refractivity contribution in [2.75, 3.05) is 26.3 Å². The molecule has 3 aromatic rings. The summed E-state index contributed by atoms with van der Waals surface area (Å²) in [7, 11) is 0. The molecule has 0 aliphatic carbocycles. The normalized spacial score (nSPS) is 15.3. The van der Waals surface area contributed by atoms with Crippen LogP contribution >= 0.6 is 0 Å². The van der Waals surface area contributed by atoms with Crippen molar-refractivity contribution >= 4 is 0 Å². The van der Waals surface area contributed by atoms with Gasteiger partial charge < -0.3 is 4.74 Å². The van der Waals surface area contributed by atoms with Crippen molar-refractivity contribution in [3.8, 4) is 16.9 Å². The first-order valence-corrected chi connectivity index (χ1v) is 8.91. The second kappa shape index (κ2) is 7.40. The number of benzene rings is 2. The van der Waals surface area contributed by atoms with Crippen molar-refractivity contribution in [3.63, 3.8) is 0 Å². The quantitative estimate of drug-likeness (QED) is 0.716.